The fourth-order valence-corrected chi connectivity index (χ4v) is 7.33. The van der Waals surface area contributed by atoms with Crippen molar-refractivity contribution in [2.75, 3.05) is 6.54 Å². The Morgan fingerprint density at radius 3 is 2.07 bits per heavy atom. The van der Waals surface area contributed by atoms with E-state index < -0.39 is 35.7 Å². The fourth-order valence-electron chi connectivity index (χ4n) is 7.33. The van der Waals surface area contributed by atoms with Crippen LogP contribution in [0.2, 0.25) is 0 Å². The highest BCUT2D eigenvalue weighted by molar-refractivity contribution is 5.95. The number of phenolic OH excluding ortho intramolecular Hbond substituents is 1. The number of carbonyl (C=O) groups is 4. The summed E-state index contributed by atoms with van der Waals surface area (Å²) in [6.45, 7) is 3.97. The van der Waals surface area contributed by atoms with Gasteiger partial charge < -0.3 is 38.3 Å². The van der Waals surface area contributed by atoms with Crippen LogP contribution >= 0.6 is 0 Å². The number of hydrogen-bond donors (Lipinski definition) is 7. The zero-order valence-corrected chi connectivity index (χ0v) is 32.5. The Hall–Kier alpha value is -6.27. The van der Waals surface area contributed by atoms with Gasteiger partial charge in [0.15, 0.2) is 11.7 Å². The van der Waals surface area contributed by atoms with E-state index in [1.807, 2.05) is 98.9 Å². The lowest BCUT2D eigenvalue weighted by atomic mass is 9.86. The lowest BCUT2D eigenvalue weighted by Crippen LogP contribution is -2.47. The standard InChI is InChI=1S/C45H53N7O5/c1-27-19-35(53)20-28(2)37(27)22-33(25-41(54)38(46)12-8-18-50-45(48)49)44(57)52-40(23-34-26-51-39-13-7-6-11-36(34)39)42(55)24-32(43(47)56)21-29-14-16-31(17-15-29)30-9-4-3-5-10-30/h3-7,9-11,13-17,19-20,26,32-33,38,40,51,53H,8,12,18,21-25,46H2,1-2H3,(H2,47,56)(H,52,57)(H4,48,49,50)/t32-,33-,38-,40+/m1/s1. The first-order valence-electron chi connectivity index (χ1n) is 19.2. The first-order valence-corrected chi connectivity index (χ1v) is 19.2. The smallest absolute Gasteiger partial charge is 0.224 e. The third-order valence-corrected chi connectivity index (χ3v) is 10.5. The molecule has 1 aromatic heterocycles. The number of Topliss-reactive ketones (excluding diaryl/α,β-unsaturated/α-hetero) is 2. The minimum Gasteiger partial charge on any atom is -0.508 e. The number of carbonyl (C=O) groups excluding carboxylic acids is 4. The van der Waals surface area contributed by atoms with Gasteiger partial charge in [0.2, 0.25) is 11.8 Å². The van der Waals surface area contributed by atoms with E-state index in [1.54, 1.807) is 12.1 Å². The molecule has 4 aromatic carbocycles. The van der Waals surface area contributed by atoms with Crippen LogP contribution in [0.25, 0.3) is 22.0 Å². The average molecular weight is 772 g/mol. The number of aromatic nitrogens is 1. The molecule has 0 aliphatic heterocycles. The van der Waals surface area contributed by atoms with E-state index in [2.05, 4.69) is 15.3 Å². The highest BCUT2D eigenvalue weighted by Gasteiger charge is 2.32. The molecule has 5 rings (SSSR count). The van der Waals surface area contributed by atoms with Gasteiger partial charge in [0, 0.05) is 54.7 Å². The second-order valence-electron chi connectivity index (χ2n) is 14.8. The van der Waals surface area contributed by atoms with Gasteiger partial charge in [-0.15, -0.1) is 0 Å². The summed E-state index contributed by atoms with van der Waals surface area (Å²) in [5.41, 5.74) is 30.0. The molecular weight excluding hydrogens is 719 g/mol. The summed E-state index contributed by atoms with van der Waals surface area (Å²) in [5, 5.41) is 14.1. The molecular formula is C45H53N7O5. The van der Waals surface area contributed by atoms with Gasteiger partial charge in [-0.3, -0.25) is 24.2 Å². The molecule has 0 fully saturated rings. The molecule has 298 valence electrons. The summed E-state index contributed by atoms with van der Waals surface area (Å²) in [4.78, 5) is 62.4. The number of phenols is 1. The molecule has 0 aliphatic rings. The van der Waals surface area contributed by atoms with Crippen LogP contribution < -0.4 is 28.3 Å². The third kappa shape index (κ3) is 11.6. The number of amides is 2. The van der Waals surface area contributed by atoms with Gasteiger partial charge in [0.05, 0.1) is 12.1 Å². The van der Waals surface area contributed by atoms with E-state index in [0.29, 0.717) is 19.4 Å². The van der Waals surface area contributed by atoms with Gasteiger partial charge in [-0.2, -0.15) is 0 Å². The van der Waals surface area contributed by atoms with Gasteiger partial charge >= 0.3 is 0 Å². The minimum absolute atomic E-state index is 0.0531. The summed E-state index contributed by atoms with van der Waals surface area (Å²) in [6, 6.07) is 26.7. The SMILES string of the molecule is Cc1cc(O)cc(C)c1C[C@H](CC(=O)[C@H](N)CCCN=C(N)N)C(=O)N[C@@H](Cc1c[nH]c2ccccc12)C(=O)C[C@@H](Cc1ccc(-c2ccccc2)cc1)C(N)=O. The lowest BCUT2D eigenvalue weighted by molar-refractivity contribution is -0.133. The predicted octanol–water partition coefficient (Wildman–Crippen LogP) is 4.69. The number of nitrogens with one attached hydrogen (secondary N) is 2. The number of fused-ring (bicyclic) bond motifs is 1. The summed E-state index contributed by atoms with van der Waals surface area (Å²) in [5.74, 6) is -3.51. The molecule has 12 heteroatoms. The summed E-state index contributed by atoms with van der Waals surface area (Å²) < 4.78 is 0. The Kier molecular flexibility index (Phi) is 14.4. The topological polar surface area (TPSA) is 233 Å². The van der Waals surface area contributed by atoms with Gasteiger partial charge in [-0.1, -0.05) is 72.8 Å². The van der Waals surface area contributed by atoms with E-state index >= 15 is 0 Å². The number of benzene rings is 4. The number of hydrogen-bond acceptors (Lipinski definition) is 7. The number of aromatic hydroxyl groups is 1. The number of primary amides is 1. The molecule has 2 amide bonds. The second kappa shape index (κ2) is 19.5. The first kappa shape index (κ1) is 41.9. The Morgan fingerprint density at radius 2 is 1.40 bits per heavy atom. The zero-order chi connectivity index (χ0) is 41.1. The van der Waals surface area contributed by atoms with E-state index in [0.717, 1.165) is 49.8 Å². The number of H-pyrrole nitrogens is 1. The minimum atomic E-state index is -1.05. The molecule has 57 heavy (non-hydrogen) atoms. The molecule has 0 spiro atoms. The van der Waals surface area contributed by atoms with Gasteiger partial charge in [0.25, 0.3) is 0 Å². The van der Waals surface area contributed by atoms with Crippen molar-refractivity contribution < 1.29 is 24.3 Å². The average Bonchev–Trinajstić information content (AvgIpc) is 3.59. The number of nitrogens with zero attached hydrogens (tertiary/aromatic N) is 1. The zero-order valence-electron chi connectivity index (χ0n) is 32.5. The molecule has 12 nitrogen and oxygen atoms in total. The Bertz CT molecular complexity index is 2190. The molecule has 5 aromatic rings. The number of nitrogens with two attached hydrogens (primary N) is 4. The van der Waals surface area contributed by atoms with Crippen LogP contribution in [0, 0.1) is 25.7 Å². The van der Waals surface area contributed by atoms with E-state index in [9.17, 15) is 24.3 Å². The molecule has 11 N–H and O–H groups in total. The van der Waals surface area contributed by atoms with E-state index in [4.69, 9.17) is 22.9 Å². The molecule has 0 saturated heterocycles. The number of guanidine groups is 1. The molecule has 0 bridgehead atoms. The van der Waals surface area contributed by atoms with Crippen LogP contribution in [0.1, 0.15) is 53.5 Å². The van der Waals surface area contributed by atoms with Crippen LogP contribution in [-0.2, 0) is 38.4 Å². The second-order valence-corrected chi connectivity index (χ2v) is 14.8. The van der Waals surface area contributed by atoms with Crippen molar-refractivity contribution in [3.8, 4) is 16.9 Å². The largest absolute Gasteiger partial charge is 0.508 e. The number of para-hydroxylation sites is 1. The monoisotopic (exact) mass is 771 g/mol. The Balaban J connectivity index is 1.40. The maximum absolute atomic E-state index is 14.4. The molecule has 4 atom stereocenters. The van der Waals surface area contributed by atoms with E-state index in [-0.39, 0.29) is 55.4 Å². The first-order chi connectivity index (χ1) is 27.3. The lowest BCUT2D eigenvalue weighted by Gasteiger charge is -2.25. The van der Waals surface area contributed by atoms with Crippen molar-refractivity contribution in [3.63, 3.8) is 0 Å². The maximum Gasteiger partial charge on any atom is 0.224 e. The van der Waals surface area contributed by atoms with Crippen LogP contribution in [0.3, 0.4) is 0 Å². The van der Waals surface area contributed by atoms with E-state index in [1.165, 1.54) is 0 Å². The fraction of sp³-hybridized carbons (Fsp3) is 0.311. The highest BCUT2D eigenvalue weighted by atomic mass is 16.3. The van der Waals surface area contributed by atoms with Crippen LogP contribution in [0.15, 0.2) is 102 Å². The van der Waals surface area contributed by atoms with Crippen LogP contribution in [0.4, 0.5) is 0 Å². The quantitative estimate of drug-likeness (QED) is 0.0333. The van der Waals surface area contributed by atoms with Crippen molar-refractivity contribution in [1.82, 2.24) is 10.3 Å². The molecule has 1 heterocycles. The Morgan fingerprint density at radius 1 is 0.772 bits per heavy atom. The van der Waals surface area contributed by atoms with Crippen LogP contribution in [0.5, 0.6) is 5.75 Å². The number of aliphatic imine (C=N–C) groups is 1. The summed E-state index contributed by atoms with van der Waals surface area (Å²) in [6.07, 6.45) is 2.73. The van der Waals surface area contributed by atoms with Gasteiger partial charge in [-0.25, -0.2) is 0 Å². The molecule has 0 saturated carbocycles. The summed E-state index contributed by atoms with van der Waals surface area (Å²) in [7, 11) is 0. The number of aryl methyl sites for hydroxylation is 2. The van der Waals surface area contributed by atoms with Crippen molar-refractivity contribution >= 4 is 40.2 Å². The van der Waals surface area contributed by atoms with Crippen molar-refractivity contribution in [1.29, 1.82) is 0 Å². The van der Waals surface area contributed by atoms with Crippen molar-refractivity contribution in [2.45, 2.75) is 70.9 Å². The number of ketones is 2. The molecule has 0 aliphatic carbocycles. The third-order valence-electron chi connectivity index (χ3n) is 10.5. The predicted molar refractivity (Wildman–Crippen MR) is 224 cm³/mol. The van der Waals surface area contributed by atoms with Gasteiger partial charge in [0.1, 0.15) is 11.5 Å². The number of aromatic amines is 1. The Labute approximate surface area is 333 Å². The summed E-state index contributed by atoms with van der Waals surface area (Å²) >= 11 is 0. The normalized spacial score (nSPS) is 13.3. The maximum atomic E-state index is 14.4. The molecule has 0 radical (unpaired) electrons. The van der Waals surface area contributed by atoms with Crippen molar-refractivity contribution in [3.05, 3.63) is 125 Å². The number of rotatable bonds is 20. The highest BCUT2D eigenvalue weighted by Crippen LogP contribution is 2.27. The van der Waals surface area contributed by atoms with Crippen molar-refractivity contribution in [2.24, 2.45) is 39.8 Å². The van der Waals surface area contributed by atoms with Gasteiger partial charge in [-0.05, 0) is 96.7 Å². The molecule has 0 unspecified atom stereocenters. The van der Waals surface area contributed by atoms with Crippen LogP contribution in [-0.4, -0.2) is 58.1 Å².